The zero-order chi connectivity index (χ0) is 14.7. The summed E-state index contributed by atoms with van der Waals surface area (Å²) in [6, 6.07) is 9.58. The van der Waals surface area contributed by atoms with Gasteiger partial charge in [0.1, 0.15) is 5.75 Å². The third-order valence-corrected chi connectivity index (χ3v) is 5.00. The summed E-state index contributed by atoms with van der Waals surface area (Å²) in [5.41, 5.74) is -0.954. The highest BCUT2D eigenvalue weighted by atomic mass is 16.5. The van der Waals surface area contributed by atoms with Gasteiger partial charge in [0.05, 0.1) is 5.60 Å². The molecular weight excluding hydrogens is 266 g/mol. The first kappa shape index (κ1) is 13.1. The molecule has 0 atom stereocenters. The molecule has 0 unspecified atom stereocenters. The van der Waals surface area contributed by atoms with E-state index in [1.807, 2.05) is 42.2 Å². The Balaban J connectivity index is 1.38. The van der Waals surface area contributed by atoms with Crippen LogP contribution in [0.2, 0.25) is 0 Å². The fourth-order valence-electron chi connectivity index (χ4n) is 4.17. The molecule has 0 radical (unpaired) electrons. The van der Waals surface area contributed by atoms with E-state index in [0.29, 0.717) is 0 Å². The average molecular weight is 287 g/mol. The molecule has 1 heterocycles. The first-order valence-electron chi connectivity index (χ1n) is 7.68. The van der Waals surface area contributed by atoms with Crippen LogP contribution < -0.4 is 4.74 Å². The summed E-state index contributed by atoms with van der Waals surface area (Å²) in [5, 5.41) is 9.88. The Morgan fingerprint density at radius 2 is 1.81 bits per heavy atom. The first-order valence-corrected chi connectivity index (χ1v) is 7.68. The maximum Gasteiger partial charge on any atom is 0.266 e. The minimum absolute atomic E-state index is 0.128. The lowest BCUT2D eigenvalue weighted by Gasteiger charge is -2.61. The van der Waals surface area contributed by atoms with Crippen molar-refractivity contribution in [3.05, 3.63) is 30.3 Å². The number of para-hydroxylation sites is 1. The Morgan fingerprint density at radius 3 is 2.33 bits per heavy atom. The minimum Gasteiger partial charge on any atom is -0.477 e. The number of aliphatic hydroxyl groups is 1. The number of amides is 1. The zero-order valence-corrected chi connectivity index (χ0v) is 12.3. The largest absolute Gasteiger partial charge is 0.477 e. The van der Waals surface area contributed by atoms with Crippen LogP contribution in [0.25, 0.3) is 0 Å². The van der Waals surface area contributed by atoms with Crippen molar-refractivity contribution in [2.24, 2.45) is 5.41 Å². The molecule has 2 saturated carbocycles. The van der Waals surface area contributed by atoms with Crippen LogP contribution in [0.15, 0.2) is 30.3 Å². The monoisotopic (exact) mass is 287 g/mol. The van der Waals surface area contributed by atoms with Gasteiger partial charge < -0.3 is 14.7 Å². The number of rotatable bonds is 3. The molecule has 2 aliphatic carbocycles. The van der Waals surface area contributed by atoms with Crippen LogP contribution in [0, 0.1) is 5.41 Å². The van der Waals surface area contributed by atoms with Gasteiger partial charge in [-0.15, -0.1) is 0 Å². The van der Waals surface area contributed by atoms with Gasteiger partial charge in [-0.1, -0.05) is 18.2 Å². The predicted octanol–water partition coefficient (Wildman–Crippen LogP) is 1.97. The molecule has 0 aromatic heterocycles. The lowest BCUT2D eigenvalue weighted by Crippen LogP contribution is -2.69. The summed E-state index contributed by atoms with van der Waals surface area (Å²) in [6.45, 7) is 3.44. The smallest absolute Gasteiger partial charge is 0.266 e. The van der Waals surface area contributed by atoms with Crippen molar-refractivity contribution in [2.45, 2.75) is 43.8 Å². The summed E-state index contributed by atoms with van der Waals surface area (Å²) in [7, 11) is 0. The number of hydrogen-bond donors (Lipinski definition) is 1. The second-order valence-electron chi connectivity index (χ2n) is 7.42. The number of nitrogens with zero attached hydrogens (tertiary/aromatic N) is 1. The fraction of sp³-hybridized carbons (Fsp3) is 0.588. The van der Waals surface area contributed by atoms with E-state index in [0.717, 1.165) is 44.5 Å². The van der Waals surface area contributed by atoms with Crippen molar-refractivity contribution in [1.82, 2.24) is 4.90 Å². The molecule has 112 valence electrons. The van der Waals surface area contributed by atoms with Gasteiger partial charge in [0.2, 0.25) is 0 Å². The highest BCUT2D eigenvalue weighted by Gasteiger charge is 2.63. The third kappa shape index (κ3) is 2.13. The Bertz CT molecular complexity index is 561. The molecule has 1 aliphatic heterocycles. The van der Waals surface area contributed by atoms with Crippen molar-refractivity contribution < 1.29 is 14.6 Å². The van der Waals surface area contributed by atoms with Gasteiger partial charge in [-0.05, 0) is 31.9 Å². The fourth-order valence-corrected chi connectivity index (χ4v) is 4.17. The average Bonchev–Trinajstić information content (AvgIpc) is 3.14. The quantitative estimate of drug-likeness (QED) is 0.924. The van der Waals surface area contributed by atoms with E-state index >= 15 is 0 Å². The van der Waals surface area contributed by atoms with E-state index in [1.54, 1.807) is 0 Å². The van der Waals surface area contributed by atoms with E-state index in [9.17, 15) is 9.90 Å². The molecule has 3 aliphatic rings. The van der Waals surface area contributed by atoms with E-state index in [-0.39, 0.29) is 11.3 Å². The summed E-state index contributed by atoms with van der Waals surface area (Å²) < 4.78 is 5.95. The molecule has 3 fully saturated rings. The molecule has 21 heavy (non-hydrogen) atoms. The number of ether oxygens (including phenoxy) is 1. The lowest BCUT2D eigenvalue weighted by atomic mass is 9.56. The second-order valence-corrected chi connectivity index (χ2v) is 7.42. The van der Waals surface area contributed by atoms with Crippen LogP contribution in [0.4, 0.5) is 0 Å². The minimum atomic E-state index is -0.616. The Kier molecular flexibility index (Phi) is 2.51. The summed E-state index contributed by atoms with van der Waals surface area (Å²) in [6.07, 6.45) is 3.25. The molecule has 4 heteroatoms. The molecule has 0 bridgehead atoms. The molecule has 1 aromatic rings. The molecule has 4 nitrogen and oxygen atoms in total. The number of benzene rings is 1. The highest BCUT2D eigenvalue weighted by molar-refractivity contribution is 5.89. The van der Waals surface area contributed by atoms with Crippen LogP contribution in [-0.2, 0) is 4.79 Å². The number of carbonyl (C=O) groups is 1. The zero-order valence-electron chi connectivity index (χ0n) is 12.3. The van der Waals surface area contributed by atoms with Crippen LogP contribution in [0.1, 0.15) is 32.6 Å². The van der Waals surface area contributed by atoms with Gasteiger partial charge in [-0.2, -0.15) is 0 Å². The van der Waals surface area contributed by atoms with Crippen molar-refractivity contribution in [3.63, 3.8) is 0 Å². The van der Waals surface area contributed by atoms with Crippen LogP contribution in [-0.4, -0.2) is 40.2 Å². The lowest BCUT2D eigenvalue weighted by molar-refractivity contribution is -0.194. The maximum atomic E-state index is 12.6. The normalized spacial score (nSPS) is 26.7. The van der Waals surface area contributed by atoms with Crippen LogP contribution >= 0.6 is 0 Å². The maximum absolute atomic E-state index is 12.6. The molecule has 1 N–H and O–H groups in total. The third-order valence-electron chi connectivity index (χ3n) is 5.00. The molecule has 4 rings (SSSR count). The number of carbonyl (C=O) groups excluding carboxylic acids is 1. The van der Waals surface area contributed by atoms with Gasteiger partial charge in [0.25, 0.3) is 5.91 Å². The highest BCUT2D eigenvalue weighted by Crippen LogP contribution is 2.55. The Hall–Kier alpha value is -1.55. The first-order chi connectivity index (χ1) is 9.92. The topological polar surface area (TPSA) is 49.8 Å². The molecule has 1 aromatic carbocycles. The molecule has 1 amide bonds. The number of likely N-dealkylation sites (tertiary alicyclic amines) is 1. The summed E-state index contributed by atoms with van der Waals surface area (Å²) in [5.74, 6) is 0.897. The predicted molar refractivity (Wildman–Crippen MR) is 77.9 cm³/mol. The molecule has 1 saturated heterocycles. The van der Waals surface area contributed by atoms with Crippen molar-refractivity contribution in [2.75, 3.05) is 13.1 Å². The van der Waals surface area contributed by atoms with E-state index in [4.69, 9.17) is 4.74 Å². The summed E-state index contributed by atoms with van der Waals surface area (Å²) in [4.78, 5) is 14.5. The van der Waals surface area contributed by atoms with Crippen LogP contribution in [0.5, 0.6) is 5.75 Å². The number of hydrogen-bond acceptors (Lipinski definition) is 3. The van der Waals surface area contributed by atoms with Crippen molar-refractivity contribution in [3.8, 4) is 5.75 Å². The Morgan fingerprint density at radius 1 is 1.19 bits per heavy atom. The van der Waals surface area contributed by atoms with E-state index in [1.165, 1.54) is 0 Å². The molecular formula is C17H21NO3. The van der Waals surface area contributed by atoms with Gasteiger partial charge in [-0.25, -0.2) is 0 Å². The Labute approximate surface area is 124 Å². The standard InChI is InChI=1S/C17H21NO3/c1-15(20)9-16(10-15)11-18(12-16)14(19)17(7-8-17)21-13-5-3-2-4-6-13/h2-6,20H,7-12H2,1H3. The second kappa shape index (κ2) is 4.01. The van der Waals surface area contributed by atoms with E-state index in [2.05, 4.69) is 0 Å². The van der Waals surface area contributed by atoms with Crippen molar-refractivity contribution in [1.29, 1.82) is 0 Å². The van der Waals surface area contributed by atoms with Crippen molar-refractivity contribution >= 4 is 5.91 Å². The van der Waals surface area contributed by atoms with Gasteiger partial charge in [0, 0.05) is 31.3 Å². The van der Waals surface area contributed by atoms with E-state index < -0.39 is 11.2 Å². The molecule has 1 spiro atoms. The van der Waals surface area contributed by atoms with Gasteiger partial charge in [0.15, 0.2) is 5.60 Å². The SMILES string of the molecule is CC1(O)CC2(CN(C(=O)C3(Oc4ccccc4)CC3)C2)C1. The van der Waals surface area contributed by atoms with Gasteiger partial charge >= 0.3 is 0 Å². The van der Waals surface area contributed by atoms with Gasteiger partial charge in [-0.3, -0.25) is 4.79 Å². The van der Waals surface area contributed by atoms with Crippen LogP contribution in [0.3, 0.4) is 0 Å². The summed E-state index contributed by atoms with van der Waals surface area (Å²) >= 11 is 0.